The molecule has 2 heterocycles. The Morgan fingerprint density at radius 2 is 1.92 bits per heavy atom. The van der Waals surface area contributed by atoms with Crippen molar-refractivity contribution in [3.8, 4) is 0 Å². The fourth-order valence-electron chi connectivity index (χ4n) is 3.12. The molecular weight excluding hydrogens is 320 g/mol. The SMILES string of the molecule is CC(=O)C1(OC(=O)c2cncn2C(C)c2ccccc2)CCOCC1. The van der Waals surface area contributed by atoms with Gasteiger partial charge in [-0.2, -0.15) is 0 Å². The first kappa shape index (κ1) is 17.4. The summed E-state index contributed by atoms with van der Waals surface area (Å²) in [6, 6.07) is 9.77. The van der Waals surface area contributed by atoms with Crippen LogP contribution in [0.15, 0.2) is 42.9 Å². The van der Waals surface area contributed by atoms with Gasteiger partial charge in [-0.1, -0.05) is 30.3 Å². The van der Waals surface area contributed by atoms with E-state index in [9.17, 15) is 9.59 Å². The van der Waals surface area contributed by atoms with Crippen LogP contribution in [-0.2, 0) is 14.3 Å². The molecule has 1 aromatic heterocycles. The van der Waals surface area contributed by atoms with Gasteiger partial charge in [-0.15, -0.1) is 0 Å². The van der Waals surface area contributed by atoms with Gasteiger partial charge in [0, 0.05) is 12.8 Å². The second-order valence-electron chi connectivity index (χ2n) is 6.33. The summed E-state index contributed by atoms with van der Waals surface area (Å²) in [6.07, 6.45) is 3.86. The van der Waals surface area contributed by atoms with Gasteiger partial charge in [0.2, 0.25) is 0 Å². The quantitative estimate of drug-likeness (QED) is 0.782. The van der Waals surface area contributed by atoms with E-state index in [1.807, 2.05) is 37.3 Å². The normalized spacial score (nSPS) is 17.7. The fourth-order valence-corrected chi connectivity index (χ4v) is 3.12. The summed E-state index contributed by atoms with van der Waals surface area (Å²) in [5.41, 5.74) is 0.297. The van der Waals surface area contributed by atoms with E-state index in [1.54, 1.807) is 10.9 Å². The molecule has 0 amide bonds. The first-order valence-electron chi connectivity index (χ1n) is 8.42. The molecule has 2 aromatic rings. The number of imidazole rings is 1. The molecule has 0 radical (unpaired) electrons. The maximum atomic E-state index is 12.8. The molecule has 6 nitrogen and oxygen atoms in total. The number of hydrogen-bond acceptors (Lipinski definition) is 5. The Morgan fingerprint density at radius 3 is 2.56 bits per heavy atom. The molecule has 1 fully saturated rings. The molecule has 1 aromatic carbocycles. The Hall–Kier alpha value is -2.47. The van der Waals surface area contributed by atoms with Crippen molar-refractivity contribution in [1.29, 1.82) is 0 Å². The summed E-state index contributed by atoms with van der Waals surface area (Å²) < 4.78 is 12.8. The lowest BCUT2D eigenvalue weighted by atomic mass is 9.90. The van der Waals surface area contributed by atoms with E-state index >= 15 is 0 Å². The Bertz CT molecular complexity index is 748. The fraction of sp³-hybridized carbons (Fsp3) is 0.421. The van der Waals surface area contributed by atoms with E-state index in [-0.39, 0.29) is 11.8 Å². The number of ether oxygens (including phenoxy) is 2. The van der Waals surface area contributed by atoms with Crippen LogP contribution in [0.2, 0.25) is 0 Å². The Kier molecular flexibility index (Phi) is 4.99. The Balaban J connectivity index is 1.84. The number of aromatic nitrogens is 2. The molecule has 1 unspecified atom stereocenters. The molecule has 6 heteroatoms. The van der Waals surface area contributed by atoms with Crippen LogP contribution in [0.3, 0.4) is 0 Å². The maximum Gasteiger partial charge on any atom is 0.357 e. The summed E-state index contributed by atoms with van der Waals surface area (Å²) in [4.78, 5) is 29.0. The van der Waals surface area contributed by atoms with Gasteiger partial charge in [-0.3, -0.25) is 4.79 Å². The van der Waals surface area contributed by atoms with E-state index in [4.69, 9.17) is 9.47 Å². The van der Waals surface area contributed by atoms with Gasteiger partial charge in [0.1, 0.15) is 5.69 Å². The summed E-state index contributed by atoms with van der Waals surface area (Å²) in [5.74, 6) is -0.677. The number of rotatable bonds is 5. The standard InChI is InChI=1S/C19H22N2O4/c1-14(16-6-4-3-5-7-16)21-13-20-12-17(21)18(23)25-19(15(2)22)8-10-24-11-9-19/h3-7,12-14H,8-11H2,1-2H3. The minimum atomic E-state index is -1.10. The number of nitrogens with zero attached hydrogens (tertiary/aromatic N) is 2. The number of benzene rings is 1. The largest absolute Gasteiger partial charge is 0.446 e. The minimum Gasteiger partial charge on any atom is -0.446 e. The lowest BCUT2D eigenvalue weighted by Gasteiger charge is -2.34. The van der Waals surface area contributed by atoms with Crippen LogP contribution in [0.25, 0.3) is 0 Å². The monoisotopic (exact) mass is 342 g/mol. The predicted octanol–water partition coefficient (Wildman–Crippen LogP) is 2.79. The third-order valence-corrected chi connectivity index (χ3v) is 4.80. The van der Waals surface area contributed by atoms with Crippen LogP contribution in [0.5, 0.6) is 0 Å². The molecule has 0 spiro atoms. The van der Waals surface area contributed by atoms with Crippen LogP contribution in [0, 0.1) is 0 Å². The van der Waals surface area contributed by atoms with Crippen molar-refractivity contribution in [3.05, 3.63) is 54.1 Å². The smallest absolute Gasteiger partial charge is 0.357 e. The molecule has 0 bridgehead atoms. The van der Waals surface area contributed by atoms with Crippen molar-refractivity contribution in [2.45, 2.75) is 38.3 Å². The highest BCUT2D eigenvalue weighted by Crippen LogP contribution is 2.28. The zero-order valence-electron chi connectivity index (χ0n) is 14.5. The highest BCUT2D eigenvalue weighted by atomic mass is 16.6. The first-order valence-corrected chi connectivity index (χ1v) is 8.42. The number of hydrogen-bond donors (Lipinski definition) is 0. The molecule has 1 aliphatic heterocycles. The summed E-state index contributed by atoms with van der Waals surface area (Å²) in [6.45, 7) is 4.27. The Labute approximate surface area is 146 Å². The second kappa shape index (κ2) is 7.19. The van der Waals surface area contributed by atoms with E-state index < -0.39 is 11.6 Å². The topological polar surface area (TPSA) is 70.4 Å². The number of carbonyl (C=O) groups excluding carboxylic acids is 2. The van der Waals surface area contributed by atoms with Gasteiger partial charge in [0.15, 0.2) is 11.4 Å². The maximum absolute atomic E-state index is 12.8. The lowest BCUT2D eigenvalue weighted by Crippen LogP contribution is -2.47. The van der Waals surface area contributed by atoms with E-state index in [1.165, 1.54) is 13.1 Å². The molecule has 25 heavy (non-hydrogen) atoms. The van der Waals surface area contributed by atoms with Crippen molar-refractivity contribution in [1.82, 2.24) is 9.55 Å². The number of ketones is 1. The zero-order chi connectivity index (χ0) is 17.9. The minimum absolute atomic E-state index is 0.0748. The van der Waals surface area contributed by atoms with Gasteiger partial charge >= 0.3 is 5.97 Å². The van der Waals surface area contributed by atoms with Gasteiger partial charge in [0.05, 0.1) is 31.8 Å². The van der Waals surface area contributed by atoms with Crippen LogP contribution in [-0.4, -0.2) is 40.1 Å². The van der Waals surface area contributed by atoms with Crippen molar-refractivity contribution >= 4 is 11.8 Å². The molecule has 1 aliphatic rings. The van der Waals surface area contributed by atoms with Crippen molar-refractivity contribution in [2.75, 3.05) is 13.2 Å². The van der Waals surface area contributed by atoms with Gasteiger partial charge in [-0.25, -0.2) is 9.78 Å². The second-order valence-corrected chi connectivity index (χ2v) is 6.33. The van der Waals surface area contributed by atoms with E-state index in [2.05, 4.69) is 4.98 Å². The summed E-state index contributed by atoms with van der Waals surface area (Å²) in [5, 5.41) is 0. The predicted molar refractivity (Wildman–Crippen MR) is 91.4 cm³/mol. The first-order chi connectivity index (χ1) is 12.0. The molecule has 1 atom stereocenters. The number of carbonyl (C=O) groups is 2. The van der Waals surface area contributed by atoms with Gasteiger partial charge < -0.3 is 14.0 Å². The molecule has 0 aliphatic carbocycles. The van der Waals surface area contributed by atoms with E-state index in [0.717, 1.165) is 5.56 Å². The number of esters is 1. The van der Waals surface area contributed by atoms with Crippen molar-refractivity contribution in [3.63, 3.8) is 0 Å². The van der Waals surface area contributed by atoms with Crippen LogP contribution < -0.4 is 0 Å². The molecule has 1 saturated heterocycles. The average molecular weight is 342 g/mol. The average Bonchev–Trinajstić information content (AvgIpc) is 3.12. The van der Waals surface area contributed by atoms with E-state index in [0.29, 0.717) is 31.7 Å². The molecule has 3 rings (SSSR count). The molecular formula is C19H22N2O4. The zero-order valence-corrected chi connectivity index (χ0v) is 14.5. The van der Waals surface area contributed by atoms with Crippen molar-refractivity contribution < 1.29 is 19.1 Å². The molecule has 132 valence electrons. The molecule has 0 N–H and O–H groups in total. The van der Waals surface area contributed by atoms with Gasteiger partial charge in [0.25, 0.3) is 0 Å². The highest BCUT2D eigenvalue weighted by molar-refractivity contribution is 5.93. The number of Topliss-reactive ketones (excluding diaryl/α,β-unsaturated/α-hetero) is 1. The van der Waals surface area contributed by atoms with Crippen LogP contribution >= 0.6 is 0 Å². The third-order valence-electron chi connectivity index (χ3n) is 4.80. The summed E-state index contributed by atoms with van der Waals surface area (Å²) >= 11 is 0. The van der Waals surface area contributed by atoms with Crippen LogP contribution in [0.4, 0.5) is 0 Å². The molecule has 0 saturated carbocycles. The van der Waals surface area contributed by atoms with Crippen molar-refractivity contribution in [2.24, 2.45) is 0 Å². The Morgan fingerprint density at radius 1 is 1.24 bits per heavy atom. The van der Waals surface area contributed by atoms with Gasteiger partial charge in [-0.05, 0) is 19.4 Å². The van der Waals surface area contributed by atoms with Crippen LogP contribution in [0.1, 0.15) is 48.8 Å². The third kappa shape index (κ3) is 3.49. The highest BCUT2D eigenvalue weighted by Gasteiger charge is 2.42. The lowest BCUT2D eigenvalue weighted by molar-refractivity contribution is -0.146. The summed E-state index contributed by atoms with van der Waals surface area (Å²) in [7, 11) is 0.